The van der Waals surface area contributed by atoms with Gasteiger partial charge in [-0.15, -0.1) is 24.0 Å². The van der Waals surface area contributed by atoms with Gasteiger partial charge in [-0.05, 0) is 49.9 Å². The highest BCUT2D eigenvalue weighted by Crippen LogP contribution is 2.20. The van der Waals surface area contributed by atoms with Gasteiger partial charge < -0.3 is 15.4 Å². The summed E-state index contributed by atoms with van der Waals surface area (Å²) < 4.78 is 5.87. The molecule has 1 heterocycles. The molecule has 0 saturated carbocycles. The summed E-state index contributed by atoms with van der Waals surface area (Å²) in [6.45, 7) is 8.40. The fraction of sp³-hybridized carbons (Fsp3) is 0.429. The van der Waals surface area contributed by atoms with Crippen molar-refractivity contribution >= 4 is 29.9 Å². The van der Waals surface area contributed by atoms with Gasteiger partial charge in [0.15, 0.2) is 5.96 Å². The first-order chi connectivity index (χ1) is 12.6. The van der Waals surface area contributed by atoms with Crippen LogP contribution in [0.25, 0.3) is 0 Å². The number of nitrogens with zero attached hydrogens (tertiary/aromatic N) is 2. The molecule has 0 saturated heterocycles. The second-order valence-corrected chi connectivity index (χ2v) is 6.37. The van der Waals surface area contributed by atoms with E-state index in [0.717, 1.165) is 49.0 Å². The van der Waals surface area contributed by atoms with Crippen molar-refractivity contribution in [3.8, 4) is 5.75 Å². The zero-order chi connectivity index (χ0) is 18.8. The molecule has 5 nitrogen and oxygen atoms in total. The average molecular weight is 482 g/mol. The molecule has 0 atom stereocenters. The minimum Gasteiger partial charge on any atom is -0.493 e. The summed E-state index contributed by atoms with van der Waals surface area (Å²) >= 11 is 0. The largest absolute Gasteiger partial charge is 0.493 e. The summed E-state index contributed by atoms with van der Waals surface area (Å²) in [6, 6.07) is 10.5. The summed E-state index contributed by atoms with van der Waals surface area (Å²) in [5.41, 5.74) is 4.59. The van der Waals surface area contributed by atoms with Gasteiger partial charge in [0.1, 0.15) is 5.75 Å². The molecule has 0 aliphatic heterocycles. The normalized spacial score (nSPS) is 10.9. The Labute approximate surface area is 180 Å². The second-order valence-electron chi connectivity index (χ2n) is 6.37. The molecule has 0 spiro atoms. The van der Waals surface area contributed by atoms with Gasteiger partial charge in [0, 0.05) is 37.6 Å². The number of nitrogens with one attached hydrogen (secondary N) is 2. The molecule has 0 bridgehead atoms. The zero-order valence-electron chi connectivity index (χ0n) is 16.7. The number of rotatable bonds is 8. The molecule has 0 aliphatic carbocycles. The highest BCUT2D eigenvalue weighted by molar-refractivity contribution is 14.0. The first-order valence-electron chi connectivity index (χ1n) is 9.20. The van der Waals surface area contributed by atoms with Gasteiger partial charge in [0.25, 0.3) is 0 Å². The van der Waals surface area contributed by atoms with E-state index in [1.54, 1.807) is 7.05 Å². The lowest BCUT2D eigenvalue weighted by atomic mass is 10.1. The second kappa shape index (κ2) is 12.5. The predicted molar refractivity (Wildman–Crippen MR) is 123 cm³/mol. The Kier molecular flexibility index (Phi) is 10.8. The van der Waals surface area contributed by atoms with Crippen LogP contribution in [0.4, 0.5) is 0 Å². The number of halogens is 1. The first kappa shape index (κ1) is 23.2. The average Bonchev–Trinajstić information content (AvgIpc) is 2.65. The number of aliphatic imine (C=N–C) groups is 1. The third-order valence-corrected chi connectivity index (χ3v) is 4.03. The molecule has 2 aromatic rings. The Bertz CT molecular complexity index is 717. The number of hydrogen-bond donors (Lipinski definition) is 2. The van der Waals surface area contributed by atoms with Crippen molar-refractivity contribution in [2.24, 2.45) is 4.99 Å². The minimum absolute atomic E-state index is 0. The van der Waals surface area contributed by atoms with Crippen LogP contribution < -0.4 is 15.4 Å². The lowest BCUT2D eigenvalue weighted by molar-refractivity contribution is 0.313. The number of aryl methyl sites for hydroxylation is 2. The molecule has 148 valence electrons. The molecule has 0 unspecified atom stereocenters. The minimum atomic E-state index is 0. The fourth-order valence-corrected chi connectivity index (χ4v) is 2.53. The molecule has 6 heteroatoms. The van der Waals surface area contributed by atoms with E-state index in [0.29, 0.717) is 6.54 Å². The van der Waals surface area contributed by atoms with E-state index in [1.165, 1.54) is 11.1 Å². The molecule has 1 aromatic carbocycles. The third-order valence-electron chi connectivity index (χ3n) is 4.03. The van der Waals surface area contributed by atoms with E-state index in [9.17, 15) is 0 Å². The van der Waals surface area contributed by atoms with E-state index in [2.05, 4.69) is 58.7 Å². The Hall–Kier alpha value is -1.83. The highest BCUT2D eigenvalue weighted by Gasteiger charge is 2.06. The van der Waals surface area contributed by atoms with Gasteiger partial charge in [-0.1, -0.05) is 25.1 Å². The van der Waals surface area contributed by atoms with Crippen molar-refractivity contribution in [3.05, 3.63) is 58.9 Å². The Morgan fingerprint density at radius 2 is 1.96 bits per heavy atom. The quantitative estimate of drug-likeness (QED) is 0.339. The topological polar surface area (TPSA) is 58.5 Å². The molecular weight excluding hydrogens is 451 g/mol. The van der Waals surface area contributed by atoms with Crippen molar-refractivity contribution in [2.75, 3.05) is 20.2 Å². The van der Waals surface area contributed by atoms with Crippen LogP contribution in [0, 0.1) is 13.8 Å². The molecule has 0 fully saturated rings. The fourth-order valence-electron chi connectivity index (χ4n) is 2.53. The Balaban J connectivity index is 0.00000364. The van der Waals surface area contributed by atoms with Crippen molar-refractivity contribution < 1.29 is 4.74 Å². The summed E-state index contributed by atoms with van der Waals surface area (Å²) in [4.78, 5) is 8.62. The molecule has 0 radical (unpaired) electrons. The van der Waals surface area contributed by atoms with Crippen molar-refractivity contribution in [1.29, 1.82) is 0 Å². The van der Waals surface area contributed by atoms with Gasteiger partial charge in [-0.3, -0.25) is 9.98 Å². The van der Waals surface area contributed by atoms with Crippen LogP contribution in [0.2, 0.25) is 0 Å². The van der Waals surface area contributed by atoms with Crippen molar-refractivity contribution in [1.82, 2.24) is 15.6 Å². The Morgan fingerprint density at radius 1 is 1.15 bits per heavy atom. The summed E-state index contributed by atoms with van der Waals surface area (Å²) in [6.07, 6.45) is 3.83. The molecule has 0 amide bonds. The summed E-state index contributed by atoms with van der Waals surface area (Å²) in [7, 11) is 1.78. The number of aromatic nitrogens is 1. The molecule has 1 aromatic heterocycles. The van der Waals surface area contributed by atoms with Crippen LogP contribution in [0.15, 0.2) is 41.5 Å². The highest BCUT2D eigenvalue weighted by atomic mass is 127. The van der Waals surface area contributed by atoms with Gasteiger partial charge in [0.2, 0.25) is 0 Å². The molecule has 2 N–H and O–H groups in total. The maximum absolute atomic E-state index is 5.87. The summed E-state index contributed by atoms with van der Waals surface area (Å²) in [5.74, 6) is 1.73. The zero-order valence-corrected chi connectivity index (χ0v) is 19.0. The van der Waals surface area contributed by atoms with Crippen LogP contribution in [-0.2, 0) is 13.0 Å². The van der Waals surface area contributed by atoms with Crippen LogP contribution in [0.1, 0.15) is 35.7 Å². The summed E-state index contributed by atoms with van der Waals surface area (Å²) in [5, 5.41) is 6.71. The SMILES string of the molecule is CCCOc1cc(C)ccc1CNC(=NC)NCCc1ccc(C)nc1.I. The maximum atomic E-state index is 5.87. The van der Waals surface area contributed by atoms with Crippen LogP contribution in [0.5, 0.6) is 5.75 Å². The van der Waals surface area contributed by atoms with Gasteiger partial charge in [-0.2, -0.15) is 0 Å². The lowest BCUT2D eigenvalue weighted by Crippen LogP contribution is -2.37. The number of benzene rings is 1. The van der Waals surface area contributed by atoms with Crippen molar-refractivity contribution in [2.45, 2.75) is 40.2 Å². The number of ether oxygens (including phenoxy) is 1. The van der Waals surface area contributed by atoms with E-state index in [-0.39, 0.29) is 24.0 Å². The van der Waals surface area contributed by atoms with Gasteiger partial charge in [-0.25, -0.2) is 0 Å². The third kappa shape index (κ3) is 8.15. The first-order valence-corrected chi connectivity index (χ1v) is 9.20. The molecular formula is C21H31IN4O. The van der Waals surface area contributed by atoms with Gasteiger partial charge >= 0.3 is 0 Å². The molecule has 27 heavy (non-hydrogen) atoms. The monoisotopic (exact) mass is 482 g/mol. The number of hydrogen-bond acceptors (Lipinski definition) is 3. The predicted octanol–water partition coefficient (Wildman–Crippen LogP) is 4.01. The van der Waals surface area contributed by atoms with Crippen LogP contribution in [-0.4, -0.2) is 31.1 Å². The van der Waals surface area contributed by atoms with E-state index in [4.69, 9.17) is 4.74 Å². The maximum Gasteiger partial charge on any atom is 0.191 e. The van der Waals surface area contributed by atoms with Crippen LogP contribution in [0.3, 0.4) is 0 Å². The van der Waals surface area contributed by atoms with Crippen LogP contribution >= 0.6 is 24.0 Å². The number of guanidine groups is 1. The standard InChI is InChI=1S/C21H30N4O.HI/c1-5-12-26-20-13-16(2)6-9-19(20)15-25-21(22-4)23-11-10-18-8-7-17(3)24-14-18;/h6-9,13-14H,5,10-12,15H2,1-4H3,(H2,22,23,25);1H. The molecule has 0 aliphatic rings. The number of pyridine rings is 1. The molecule has 2 rings (SSSR count). The van der Waals surface area contributed by atoms with Gasteiger partial charge in [0.05, 0.1) is 6.61 Å². The van der Waals surface area contributed by atoms with E-state index >= 15 is 0 Å². The van der Waals surface area contributed by atoms with Crippen molar-refractivity contribution in [3.63, 3.8) is 0 Å². The smallest absolute Gasteiger partial charge is 0.191 e. The van der Waals surface area contributed by atoms with E-state index < -0.39 is 0 Å². The van der Waals surface area contributed by atoms with E-state index in [1.807, 2.05) is 19.2 Å². The lowest BCUT2D eigenvalue weighted by Gasteiger charge is -2.15. The Morgan fingerprint density at radius 3 is 2.63 bits per heavy atom.